The van der Waals surface area contributed by atoms with Crippen LogP contribution in [0.3, 0.4) is 0 Å². The van der Waals surface area contributed by atoms with Crippen molar-refractivity contribution >= 4 is 70.4 Å². The van der Waals surface area contributed by atoms with Crippen LogP contribution in [0.4, 0.5) is 17.1 Å². The zero-order chi connectivity index (χ0) is 31.3. The number of para-hydroxylation sites is 1. The maximum absolute atomic E-state index is 9.83. The van der Waals surface area contributed by atoms with E-state index in [9.17, 15) is 5.11 Å². The third-order valence-corrected chi connectivity index (χ3v) is 10.2. The molecule has 0 amide bonds. The van der Waals surface area contributed by atoms with Crippen LogP contribution >= 0.6 is 11.3 Å². The lowest BCUT2D eigenvalue weighted by atomic mass is 10.1. The fourth-order valence-electron chi connectivity index (χ4n) is 6.84. The Bertz CT molecular complexity index is 2550. The van der Waals surface area contributed by atoms with E-state index in [1.54, 1.807) is 0 Å². The smallest absolute Gasteiger partial charge is 0.0681 e. The molecular formula is C42H29N3OS. The fourth-order valence-corrected chi connectivity index (χ4v) is 7.93. The van der Waals surface area contributed by atoms with Crippen molar-refractivity contribution in [3.05, 3.63) is 164 Å². The lowest BCUT2D eigenvalue weighted by Crippen LogP contribution is -2.10. The van der Waals surface area contributed by atoms with Crippen LogP contribution in [0.2, 0.25) is 0 Å². The molecule has 0 saturated heterocycles. The summed E-state index contributed by atoms with van der Waals surface area (Å²) in [6.45, 7) is 0.0101. The van der Waals surface area contributed by atoms with E-state index in [1.807, 2.05) is 48.0 Å². The second-order valence-corrected chi connectivity index (χ2v) is 12.8. The average molecular weight is 624 g/mol. The number of hydrogen-bond acceptors (Lipinski definition) is 4. The van der Waals surface area contributed by atoms with Crippen molar-refractivity contribution in [2.45, 2.75) is 6.61 Å². The Kier molecular flexibility index (Phi) is 6.59. The monoisotopic (exact) mass is 623 g/mol. The first kappa shape index (κ1) is 27.6. The number of anilines is 3. The predicted molar refractivity (Wildman–Crippen MR) is 198 cm³/mol. The Hall–Kier alpha value is -5.75. The van der Waals surface area contributed by atoms with Gasteiger partial charge in [-0.1, -0.05) is 66.7 Å². The number of aromatic nitrogens is 2. The minimum Gasteiger partial charge on any atom is -0.392 e. The molecule has 0 fully saturated rings. The normalized spacial score (nSPS) is 11.6. The molecule has 1 N–H and O–H groups in total. The molecule has 0 saturated carbocycles. The maximum atomic E-state index is 9.83. The van der Waals surface area contributed by atoms with Crippen molar-refractivity contribution in [1.82, 2.24) is 9.55 Å². The van der Waals surface area contributed by atoms with E-state index in [0.717, 1.165) is 50.5 Å². The third-order valence-electron chi connectivity index (χ3n) is 9.05. The summed E-state index contributed by atoms with van der Waals surface area (Å²) in [5.41, 5.74) is 9.81. The lowest BCUT2D eigenvalue weighted by molar-refractivity contribution is 0.282. The molecule has 47 heavy (non-hydrogen) atoms. The highest BCUT2D eigenvalue weighted by atomic mass is 32.1. The zero-order valence-electron chi connectivity index (χ0n) is 25.4. The molecule has 0 spiro atoms. The van der Waals surface area contributed by atoms with E-state index < -0.39 is 0 Å². The van der Waals surface area contributed by atoms with Gasteiger partial charge in [-0.25, -0.2) is 0 Å². The molecule has 0 aliphatic carbocycles. The minimum absolute atomic E-state index is 0.0101. The number of fused-ring (bicyclic) bond motifs is 6. The van der Waals surface area contributed by atoms with Gasteiger partial charge < -0.3 is 14.6 Å². The molecule has 0 unspecified atom stereocenters. The van der Waals surface area contributed by atoms with Crippen LogP contribution in [0.15, 0.2) is 158 Å². The summed E-state index contributed by atoms with van der Waals surface area (Å²) >= 11 is 1.83. The summed E-state index contributed by atoms with van der Waals surface area (Å²) in [6.07, 6.45) is 3.67. The zero-order valence-corrected chi connectivity index (χ0v) is 26.2. The van der Waals surface area contributed by atoms with Gasteiger partial charge >= 0.3 is 0 Å². The van der Waals surface area contributed by atoms with E-state index in [-0.39, 0.29) is 6.61 Å². The van der Waals surface area contributed by atoms with Crippen LogP contribution in [-0.2, 0) is 6.61 Å². The Balaban J connectivity index is 1.28. The van der Waals surface area contributed by atoms with Crippen LogP contribution < -0.4 is 4.90 Å². The van der Waals surface area contributed by atoms with E-state index in [0.29, 0.717) is 0 Å². The molecule has 224 valence electrons. The van der Waals surface area contributed by atoms with Crippen LogP contribution in [0, 0.1) is 0 Å². The molecular weight excluding hydrogens is 595 g/mol. The molecule has 9 aromatic rings. The van der Waals surface area contributed by atoms with Crippen LogP contribution in [-0.4, -0.2) is 14.7 Å². The second-order valence-electron chi connectivity index (χ2n) is 11.7. The minimum atomic E-state index is 0.0101. The highest BCUT2D eigenvalue weighted by molar-refractivity contribution is 7.25. The number of nitrogens with zero attached hydrogens (tertiary/aromatic N) is 3. The molecule has 0 atom stereocenters. The molecule has 6 aromatic carbocycles. The van der Waals surface area contributed by atoms with Crippen molar-refractivity contribution in [1.29, 1.82) is 0 Å². The standard InChI is InChI=1S/C42H29N3OS/c46-27-28-12-16-31(17-13-28)44(33-20-21-41-36(26-33)34-6-2-4-11-40(34)47-41)38-9-5-10-39-42(38)35-7-1-3-8-37(35)45(39)32-18-14-29(15-19-32)30-22-24-43-25-23-30/h1-26,46H,27H2. The molecule has 0 bridgehead atoms. The summed E-state index contributed by atoms with van der Waals surface area (Å²) in [4.78, 5) is 6.54. The number of hydrogen-bond donors (Lipinski definition) is 1. The van der Waals surface area contributed by atoms with Gasteiger partial charge in [0.05, 0.1) is 23.3 Å². The lowest BCUT2D eigenvalue weighted by Gasteiger charge is -2.27. The Morgan fingerprint density at radius 1 is 0.574 bits per heavy atom. The topological polar surface area (TPSA) is 41.3 Å². The number of aliphatic hydroxyl groups is 1. The van der Waals surface area contributed by atoms with Gasteiger partial charge in [-0.3, -0.25) is 4.98 Å². The number of rotatable bonds is 6. The molecule has 4 nitrogen and oxygen atoms in total. The first-order valence-electron chi connectivity index (χ1n) is 15.7. The third kappa shape index (κ3) is 4.59. The predicted octanol–water partition coefficient (Wildman–Crippen LogP) is 11.2. The largest absolute Gasteiger partial charge is 0.392 e. The molecule has 9 rings (SSSR count). The van der Waals surface area contributed by atoms with Gasteiger partial charge in [0.1, 0.15) is 0 Å². The molecule has 0 radical (unpaired) electrons. The Labute approximate surface area is 276 Å². The van der Waals surface area contributed by atoms with Gasteiger partial charge in [0.15, 0.2) is 0 Å². The molecule has 5 heteroatoms. The quantitative estimate of drug-likeness (QED) is 0.200. The number of thiophene rings is 1. The van der Waals surface area contributed by atoms with Crippen molar-refractivity contribution < 1.29 is 5.11 Å². The molecule has 3 heterocycles. The summed E-state index contributed by atoms with van der Waals surface area (Å²) in [5, 5.41) is 14.7. The summed E-state index contributed by atoms with van der Waals surface area (Å²) in [6, 6.07) is 51.8. The first-order chi connectivity index (χ1) is 23.3. The van der Waals surface area contributed by atoms with Crippen molar-refractivity contribution in [3.8, 4) is 16.8 Å². The van der Waals surface area contributed by atoms with Gasteiger partial charge in [0, 0.05) is 60.4 Å². The van der Waals surface area contributed by atoms with E-state index in [2.05, 4.69) is 136 Å². The molecule has 0 aliphatic heterocycles. The first-order valence-corrected chi connectivity index (χ1v) is 16.5. The highest BCUT2D eigenvalue weighted by Gasteiger charge is 2.21. The van der Waals surface area contributed by atoms with Gasteiger partial charge in [0.2, 0.25) is 0 Å². The molecule has 3 aromatic heterocycles. The second kappa shape index (κ2) is 11.2. The van der Waals surface area contributed by atoms with Crippen LogP contribution in [0.25, 0.3) is 58.8 Å². The van der Waals surface area contributed by atoms with Gasteiger partial charge in [-0.15, -0.1) is 11.3 Å². The van der Waals surface area contributed by atoms with Gasteiger partial charge in [-0.05, 0) is 95.6 Å². The number of aliphatic hydroxyl groups excluding tert-OH is 1. The highest BCUT2D eigenvalue weighted by Crippen LogP contribution is 2.45. The van der Waals surface area contributed by atoms with E-state index >= 15 is 0 Å². The SMILES string of the molecule is OCc1ccc(N(c2ccc3sc4ccccc4c3c2)c2cccc3c2c2ccccc2n3-c2ccc(-c3ccncc3)cc2)cc1. The summed E-state index contributed by atoms with van der Waals surface area (Å²) < 4.78 is 4.93. The van der Waals surface area contributed by atoms with Crippen LogP contribution in [0.5, 0.6) is 0 Å². The summed E-state index contributed by atoms with van der Waals surface area (Å²) in [7, 11) is 0. The average Bonchev–Trinajstić information content (AvgIpc) is 3.68. The Morgan fingerprint density at radius 2 is 1.26 bits per heavy atom. The maximum Gasteiger partial charge on any atom is 0.0681 e. The Morgan fingerprint density at radius 3 is 2.06 bits per heavy atom. The van der Waals surface area contributed by atoms with Crippen LogP contribution in [0.1, 0.15) is 5.56 Å². The van der Waals surface area contributed by atoms with E-state index in [4.69, 9.17) is 0 Å². The van der Waals surface area contributed by atoms with Crippen molar-refractivity contribution in [3.63, 3.8) is 0 Å². The van der Waals surface area contributed by atoms with Crippen molar-refractivity contribution in [2.75, 3.05) is 4.90 Å². The number of pyridine rings is 1. The number of benzene rings is 6. The molecule has 0 aliphatic rings. The van der Waals surface area contributed by atoms with Gasteiger partial charge in [0.25, 0.3) is 0 Å². The van der Waals surface area contributed by atoms with Gasteiger partial charge in [-0.2, -0.15) is 0 Å². The van der Waals surface area contributed by atoms with E-state index in [1.165, 1.54) is 30.9 Å². The summed E-state index contributed by atoms with van der Waals surface area (Å²) in [5.74, 6) is 0. The van der Waals surface area contributed by atoms with Crippen molar-refractivity contribution in [2.24, 2.45) is 0 Å². The fraction of sp³-hybridized carbons (Fsp3) is 0.0238.